The fourth-order valence-electron chi connectivity index (χ4n) is 0.895. The molecule has 0 bridgehead atoms. The summed E-state index contributed by atoms with van der Waals surface area (Å²) in [5.74, 6) is 0. The molecule has 78 valence electrons. The van der Waals surface area contributed by atoms with E-state index in [0.29, 0.717) is 6.54 Å². The first-order valence-electron chi connectivity index (χ1n) is 5.04. The van der Waals surface area contributed by atoms with Crippen LogP contribution in [0.1, 0.15) is 13.3 Å². The lowest BCUT2D eigenvalue weighted by atomic mass is 10.3. The fraction of sp³-hybridized carbons (Fsp3) is 0.800. The maximum atomic E-state index is 9.51. The van der Waals surface area contributed by atoms with E-state index in [9.17, 15) is 5.11 Å². The third kappa shape index (κ3) is 9.79. The molecule has 0 aliphatic rings. The van der Waals surface area contributed by atoms with Gasteiger partial charge in [-0.25, -0.2) is 0 Å². The van der Waals surface area contributed by atoms with Gasteiger partial charge in [0, 0.05) is 6.54 Å². The lowest BCUT2D eigenvalue weighted by molar-refractivity contribution is 0.219. The fourth-order valence-corrected chi connectivity index (χ4v) is 1.69. The monoisotopic (exact) mass is 201 g/mol. The molecule has 0 spiro atoms. The Hall–Kier alpha value is -0.123. The average molecular weight is 201 g/mol. The minimum absolute atomic E-state index is 0.321. The highest BCUT2D eigenvalue weighted by Gasteiger charge is 2.08. The summed E-state index contributed by atoms with van der Waals surface area (Å²) in [6.07, 6.45) is 2.72. The lowest BCUT2D eigenvalue weighted by Crippen LogP contribution is -2.27. The number of aliphatic hydroxyl groups excluding tert-OH is 1. The molecule has 0 saturated heterocycles. The van der Waals surface area contributed by atoms with E-state index in [2.05, 4.69) is 37.6 Å². The Morgan fingerprint density at radius 2 is 2.00 bits per heavy atom. The van der Waals surface area contributed by atoms with Gasteiger partial charge in [-0.3, -0.25) is 0 Å². The Bertz CT molecular complexity index is 151. The van der Waals surface area contributed by atoms with Crippen molar-refractivity contribution in [2.75, 3.05) is 13.1 Å². The van der Waals surface area contributed by atoms with E-state index < -0.39 is 8.07 Å². The zero-order valence-corrected chi connectivity index (χ0v) is 10.3. The largest absolute Gasteiger partial charge is 0.388 e. The molecule has 13 heavy (non-hydrogen) atoms. The Labute approximate surface area is 83.1 Å². The summed E-state index contributed by atoms with van der Waals surface area (Å²) in [7, 11) is -1.14. The highest BCUT2D eigenvalue weighted by molar-refractivity contribution is 6.80. The molecule has 2 nitrogen and oxygen atoms in total. The summed E-state index contributed by atoms with van der Waals surface area (Å²) in [6, 6.07) is 0. The molecule has 0 heterocycles. The maximum absolute atomic E-state index is 9.51. The van der Waals surface area contributed by atoms with Crippen LogP contribution >= 0.6 is 0 Å². The van der Waals surface area contributed by atoms with Crippen molar-refractivity contribution in [3.63, 3.8) is 0 Å². The Morgan fingerprint density at radius 1 is 1.38 bits per heavy atom. The van der Waals surface area contributed by atoms with Crippen molar-refractivity contribution < 1.29 is 5.11 Å². The first kappa shape index (κ1) is 12.9. The summed E-state index contributed by atoms with van der Waals surface area (Å²) in [5.41, 5.74) is 2.19. The zero-order valence-electron chi connectivity index (χ0n) is 9.30. The number of nitrogens with one attached hydrogen (secondary N) is 1. The third-order valence-corrected chi connectivity index (χ3v) is 2.79. The van der Waals surface area contributed by atoms with Gasteiger partial charge in [-0.15, -0.1) is 0 Å². The van der Waals surface area contributed by atoms with Crippen molar-refractivity contribution in [2.45, 2.75) is 39.1 Å². The van der Waals surface area contributed by atoms with E-state index in [1.807, 2.05) is 6.08 Å². The summed E-state index contributed by atoms with van der Waals surface area (Å²) >= 11 is 0. The topological polar surface area (TPSA) is 32.3 Å². The van der Waals surface area contributed by atoms with Crippen molar-refractivity contribution in [3.05, 3.63) is 11.8 Å². The highest BCUT2D eigenvalue weighted by Crippen LogP contribution is 2.02. The predicted octanol–water partition coefficient (Wildman–Crippen LogP) is 1.78. The second-order valence-electron chi connectivity index (χ2n) is 4.50. The van der Waals surface area contributed by atoms with Crippen LogP contribution in [0.25, 0.3) is 0 Å². The molecule has 0 fully saturated rings. The maximum Gasteiger partial charge on any atom is 0.0841 e. The van der Waals surface area contributed by atoms with Gasteiger partial charge in [0.2, 0.25) is 0 Å². The molecular formula is C10H23NOSi. The SMILES string of the molecule is CCCNC[C@H](O)/C=C/[Si](C)(C)C. The molecule has 2 N–H and O–H groups in total. The van der Waals surface area contributed by atoms with Gasteiger partial charge in [-0.1, -0.05) is 38.3 Å². The number of aliphatic hydroxyl groups is 1. The second kappa shape index (κ2) is 6.35. The Kier molecular flexibility index (Phi) is 6.29. The molecule has 0 rings (SSSR count). The summed E-state index contributed by atoms with van der Waals surface area (Å²) in [4.78, 5) is 0. The first-order valence-corrected chi connectivity index (χ1v) is 8.61. The van der Waals surface area contributed by atoms with Crippen molar-refractivity contribution in [1.29, 1.82) is 0 Å². The zero-order chi connectivity index (χ0) is 10.3. The number of hydrogen-bond donors (Lipinski definition) is 2. The smallest absolute Gasteiger partial charge is 0.0841 e. The van der Waals surface area contributed by atoms with Crippen LogP contribution in [-0.2, 0) is 0 Å². The lowest BCUT2D eigenvalue weighted by Gasteiger charge is -2.11. The van der Waals surface area contributed by atoms with Gasteiger partial charge in [0.05, 0.1) is 14.2 Å². The molecule has 0 aliphatic carbocycles. The molecule has 1 atom stereocenters. The van der Waals surface area contributed by atoms with Crippen molar-refractivity contribution in [2.24, 2.45) is 0 Å². The number of hydrogen-bond acceptors (Lipinski definition) is 2. The van der Waals surface area contributed by atoms with E-state index >= 15 is 0 Å². The van der Waals surface area contributed by atoms with Gasteiger partial charge in [0.25, 0.3) is 0 Å². The highest BCUT2D eigenvalue weighted by atomic mass is 28.3. The van der Waals surface area contributed by atoms with Gasteiger partial charge in [-0.2, -0.15) is 0 Å². The molecular weight excluding hydrogens is 178 g/mol. The van der Waals surface area contributed by atoms with Gasteiger partial charge < -0.3 is 10.4 Å². The van der Waals surface area contributed by atoms with E-state index in [1.165, 1.54) is 0 Å². The molecule has 0 unspecified atom stereocenters. The van der Waals surface area contributed by atoms with Crippen molar-refractivity contribution in [1.82, 2.24) is 5.32 Å². The summed E-state index contributed by atoms with van der Waals surface area (Å²) < 4.78 is 0. The van der Waals surface area contributed by atoms with Crippen LogP contribution in [-0.4, -0.2) is 32.4 Å². The predicted molar refractivity (Wildman–Crippen MR) is 61.7 cm³/mol. The van der Waals surface area contributed by atoms with Crippen LogP contribution in [0.4, 0.5) is 0 Å². The minimum atomic E-state index is -1.14. The van der Waals surface area contributed by atoms with Gasteiger partial charge in [-0.05, 0) is 13.0 Å². The molecule has 0 aromatic rings. The third-order valence-electron chi connectivity index (χ3n) is 1.60. The van der Waals surface area contributed by atoms with E-state index in [4.69, 9.17) is 0 Å². The molecule has 3 heteroatoms. The molecule has 0 aromatic heterocycles. The summed E-state index contributed by atoms with van der Waals surface area (Å²) in [5, 5.41) is 12.7. The van der Waals surface area contributed by atoms with E-state index in [1.54, 1.807) is 0 Å². The molecule has 0 saturated carbocycles. The van der Waals surface area contributed by atoms with Crippen LogP contribution in [0, 0.1) is 0 Å². The molecule has 0 aliphatic heterocycles. The minimum Gasteiger partial charge on any atom is -0.388 e. The van der Waals surface area contributed by atoms with Crippen LogP contribution < -0.4 is 5.32 Å². The quantitative estimate of drug-likeness (QED) is 0.507. The number of rotatable bonds is 6. The summed E-state index contributed by atoms with van der Waals surface area (Å²) in [6.45, 7) is 10.6. The van der Waals surface area contributed by atoms with Gasteiger partial charge >= 0.3 is 0 Å². The van der Waals surface area contributed by atoms with E-state index in [-0.39, 0.29) is 6.10 Å². The standard InChI is InChI=1S/C10H23NOSi/c1-5-7-11-9-10(12)6-8-13(2,3)4/h6,8,10-12H,5,7,9H2,1-4H3/b8-6+/t10-/m1/s1. The van der Waals surface area contributed by atoms with Gasteiger partial charge in [0.1, 0.15) is 0 Å². The van der Waals surface area contributed by atoms with Crippen LogP contribution in [0.15, 0.2) is 11.8 Å². The van der Waals surface area contributed by atoms with Crippen LogP contribution in [0.3, 0.4) is 0 Å². The molecule has 0 aromatic carbocycles. The van der Waals surface area contributed by atoms with Gasteiger partial charge in [0.15, 0.2) is 0 Å². The second-order valence-corrected chi connectivity index (χ2v) is 9.56. The normalized spacial score (nSPS) is 15.2. The van der Waals surface area contributed by atoms with E-state index in [0.717, 1.165) is 13.0 Å². The molecule has 0 radical (unpaired) electrons. The first-order chi connectivity index (χ1) is 5.95. The van der Waals surface area contributed by atoms with Crippen LogP contribution in [0.5, 0.6) is 0 Å². The molecule has 0 amide bonds. The van der Waals surface area contributed by atoms with Crippen molar-refractivity contribution in [3.8, 4) is 0 Å². The Balaban J connectivity index is 3.61. The average Bonchev–Trinajstić information content (AvgIpc) is 2.00. The Morgan fingerprint density at radius 3 is 2.46 bits per heavy atom. The van der Waals surface area contributed by atoms with Crippen LogP contribution in [0.2, 0.25) is 19.6 Å². The van der Waals surface area contributed by atoms with Crippen molar-refractivity contribution >= 4 is 8.07 Å².